The molecule has 0 spiro atoms. The van der Waals surface area contributed by atoms with Crippen LogP contribution in [0.25, 0.3) is 0 Å². The number of aryl methyl sites for hydroxylation is 3. The summed E-state index contributed by atoms with van der Waals surface area (Å²) in [6.07, 6.45) is 0. The van der Waals surface area contributed by atoms with Crippen molar-refractivity contribution >= 4 is 11.4 Å². The lowest BCUT2D eigenvalue weighted by Gasteiger charge is -2.21. The van der Waals surface area contributed by atoms with E-state index in [0.29, 0.717) is 0 Å². The van der Waals surface area contributed by atoms with E-state index >= 15 is 0 Å². The minimum atomic E-state index is 0.198. The quantitative estimate of drug-likeness (QED) is 0.741. The minimum absolute atomic E-state index is 0.198. The Labute approximate surface area is 123 Å². The molecule has 1 N–H and O–H groups in total. The van der Waals surface area contributed by atoms with Gasteiger partial charge < -0.3 is 5.32 Å². The highest BCUT2D eigenvalue weighted by Gasteiger charge is 2.14. The van der Waals surface area contributed by atoms with Gasteiger partial charge in [0.15, 0.2) is 0 Å². The van der Waals surface area contributed by atoms with Crippen LogP contribution in [-0.2, 0) is 5.41 Å². The van der Waals surface area contributed by atoms with Gasteiger partial charge >= 0.3 is 0 Å². The molecule has 0 fully saturated rings. The Balaban J connectivity index is 2.30. The summed E-state index contributed by atoms with van der Waals surface area (Å²) >= 11 is 0. The lowest BCUT2D eigenvalue weighted by atomic mass is 9.86. The third-order valence-electron chi connectivity index (χ3n) is 3.59. The zero-order valence-electron chi connectivity index (χ0n) is 13.5. The molecule has 0 radical (unpaired) electrons. The maximum atomic E-state index is 3.53. The predicted octanol–water partition coefficient (Wildman–Crippen LogP) is 5.65. The fourth-order valence-corrected chi connectivity index (χ4v) is 2.47. The molecule has 0 saturated heterocycles. The second kappa shape index (κ2) is 5.32. The zero-order chi connectivity index (χ0) is 14.9. The summed E-state index contributed by atoms with van der Waals surface area (Å²) in [5.74, 6) is 0. The van der Waals surface area contributed by atoms with E-state index in [-0.39, 0.29) is 5.41 Å². The van der Waals surface area contributed by atoms with Gasteiger partial charge in [0.25, 0.3) is 0 Å². The fourth-order valence-electron chi connectivity index (χ4n) is 2.47. The molecule has 0 heterocycles. The predicted molar refractivity (Wildman–Crippen MR) is 89.1 cm³/mol. The monoisotopic (exact) mass is 267 g/mol. The second-order valence-electron chi connectivity index (χ2n) is 6.78. The molecule has 106 valence electrons. The van der Waals surface area contributed by atoms with E-state index in [1.807, 2.05) is 0 Å². The van der Waals surface area contributed by atoms with E-state index < -0.39 is 0 Å². The van der Waals surface area contributed by atoms with Crippen LogP contribution in [0.5, 0.6) is 0 Å². The Morgan fingerprint density at radius 1 is 0.800 bits per heavy atom. The Bertz CT molecular complexity index is 598. The van der Waals surface area contributed by atoms with Crippen LogP contribution in [0.1, 0.15) is 43.0 Å². The summed E-state index contributed by atoms with van der Waals surface area (Å²) < 4.78 is 0. The van der Waals surface area contributed by atoms with Gasteiger partial charge in [0.1, 0.15) is 0 Å². The van der Waals surface area contributed by atoms with E-state index in [1.165, 1.54) is 27.9 Å². The minimum Gasteiger partial charge on any atom is -0.355 e. The normalized spacial score (nSPS) is 11.5. The van der Waals surface area contributed by atoms with Crippen LogP contribution in [0.3, 0.4) is 0 Å². The molecule has 0 saturated carbocycles. The smallest absolute Gasteiger partial charge is 0.0414 e. The summed E-state index contributed by atoms with van der Waals surface area (Å²) in [6.45, 7) is 13.2. The molecule has 0 unspecified atom stereocenters. The van der Waals surface area contributed by atoms with E-state index in [0.717, 1.165) is 5.69 Å². The van der Waals surface area contributed by atoms with Crippen molar-refractivity contribution in [3.63, 3.8) is 0 Å². The molecule has 0 aliphatic rings. The Kier molecular flexibility index (Phi) is 3.89. The molecule has 2 aromatic rings. The van der Waals surface area contributed by atoms with Crippen molar-refractivity contribution in [1.82, 2.24) is 0 Å². The maximum Gasteiger partial charge on any atom is 0.0414 e. The number of nitrogens with one attached hydrogen (secondary N) is 1. The van der Waals surface area contributed by atoms with Crippen LogP contribution in [0.15, 0.2) is 36.4 Å². The Morgan fingerprint density at radius 2 is 1.40 bits per heavy atom. The fraction of sp³-hybridized carbons (Fsp3) is 0.368. The molecule has 0 aliphatic carbocycles. The average molecular weight is 267 g/mol. The highest BCUT2D eigenvalue weighted by molar-refractivity contribution is 5.65. The highest BCUT2D eigenvalue weighted by atomic mass is 14.9. The molecule has 2 aromatic carbocycles. The summed E-state index contributed by atoms with van der Waals surface area (Å²) in [5.41, 5.74) is 7.78. The van der Waals surface area contributed by atoms with Crippen molar-refractivity contribution < 1.29 is 0 Å². The van der Waals surface area contributed by atoms with Crippen LogP contribution in [0.2, 0.25) is 0 Å². The first-order valence-corrected chi connectivity index (χ1v) is 7.22. The van der Waals surface area contributed by atoms with Crippen molar-refractivity contribution in [2.75, 3.05) is 5.32 Å². The first-order chi connectivity index (χ1) is 9.25. The molecule has 1 nitrogen and oxygen atoms in total. The summed E-state index contributed by atoms with van der Waals surface area (Å²) in [6, 6.07) is 13.3. The molecule has 0 aliphatic heterocycles. The third-order valence-corrected chi connectivity index (χ3v) is 3.59. The summed E-state index contributed by atoms with van der Waals surface area (Å²) in [7, 11) is 0. The van der Waals surface area contributed by atoms with Crippen LogP contribution >= 0.6 is 0 Å². The number of rotatable bonds is 2. The van der Waals surface area contributed by atoms with Crippen LogP contribution in [0, 0.1) is 20.8 Å². The van der Waals surface area contributed by atoms with Crippen molar-refractivity contribution in [1.29, 1.82) is 0 Å². The molecule has 2 rings (SSSR count). The van der Waals surface area contributed by atoms with Gasteiger partial charge in [0, 0.05) is 11.4 Å². The van der Waals surface area contributed by atoms with Crippen molar-refractivity contribution in [2.24, 2.45) is 0 Å². The van der Waals surface area contributed by atoms with Gasteiger partial charge in [-0.15, -0.1) is 0 Å². The molecule has 0 bridgehead atoms. The largest absolute Gasteiger partial charge is 0.355 e. The van der Waals surface area contributed by atoms with Crippen LogP contribution in [0.4, 0.5) is 11.4 Å². The van der Waals surface area contributed by atoms with Gasteiger partial charge in [-0.3, -0.25) is 0 Å². The third kappa shape index (κ3) is 3.41. The molecule has 0 aromatic heterocycles. The van der Waals surface area contributed by atoms with E-state index in [1.54, 1.807) is 0 Å². The number of hydrogen-bond donors (Lipinski definition) is 1. The number of benzene rings is 2. The lowest BCUT2D eigenvalue weighted by Crippen LogP contribution is -2.11. The van der Waals surface area contributed by atoms with Gasteiger partial charge in [0.2, 0.25) is 0 Å². The SMILES string of the molecule is Cc1cc(C)cc(Nc2ccc(C(C)(C)C)cc2C)c1. The zero-order valence-corrected chi connectivity index (χ0v) is 13.5. The van der Waals surface area contributed by atoms with Gasteiger partial charge in [-0.1, -0.05) is 39.0 Å². The molecular weight excluding hydrogens is 242 g/mol. The van der Waals surface area contributed by atoms with Crippen molar-refractivity contribution in [3.8, 4) is 0 Å². The highest BCUT2D eigenvalue weighted by Crippen LogP contribution is 2.28. The molecule has 0 amide bonds. The molecule has 20 heavy (non-hydrogen) atoms. The summed E-state index contributed by atoms with van der Waals surface area (Å²) in [5, 5.41) is 3.53. The van der Waals surface area contributed by atoms with E-state index in [4.69, 9.17) is 0 Å². The Morgan fingerprint density at radius 3 is 1.90 bits per heavy atom. The molecular formula is C19H25N. The van der Waals surface area contributed by atoms with Gasteiger partial charge in [-0.25, -0.2) is 0 Å². The van der Waals surface area contributed by atoms with Gasteiger partial charge in [-0.05, 0) is 66.6 Å². The standard InChI is InChI=1S/C19H25N/c1-13-9-14(2)11-17(10-13)20-18-8-7-16(12-15(18)3)19(4,5)6/h7-12,20H,1-6H3. The number of hydrogen-bond acceptors (Lipinski definition) is 1. The van der Waals surface area contributed by atoms with E-state index in [2.05, 4.69) is 83.3 Å². The van der Waals surface area contributed by atoms with Crippen molar-refractivity contribution in [2.45, 2.75) is 47.0 Å². The van der Waals surface area contributed by atoms with E-state index in [9.17, 15) is 0 Å². The van der Waals surface area contributed by atoms with Crippen LogP contribution < -0.4 is 5.32 Å². The van der Waals surface area contributed by atoms with Gasteiger partial charge in [-0.2, -0.15) is 0 Å². The molecule has 0 atom stereocenters. The molecule has 1 heteroatoms. The first kappa shape index (κ1) is 14.6. The Hall–Kier alpha value is -1.76. The second-order valence-corrected chi connectivity index (χ2v) is 6.78. The van der Waals surface area contributed by atoms with Crippen molar-refractivity contribution in [3.05, 3.63) is 58.7 Å². The van der Waals surface area contributed by atoms with Crippen LogP contribution in [-0.4, -0.2) is 0 Å². The topological polar surface area (TPSA) is 12.0 Å². The first-order valence-electron chi connectivity index (χ1n) is 7.22. The number of anilines is 2. The lowest BCUT2D eigenvalue weighted by molar-refractivity contribution is 0.590. The summed E-state index contributed by atoms with van der Waals surface area (Å²) in [4.78, 5) is 0. The average Bonchev–Trinajstić information content (AvgIpc) is 2.29. The maximum absolute atomic E-state index is 3.53. The van der Waals surface area contributed by atoms with Gasteiger partial charge in [0.05, 0.1) is 0 Å².